The van der Waals surface area contributed by atoms with Gasteiger partial charge in [0.15, 0.2) is 0 Å². The molecule has 0 unspecified atom stereocenters. The van der Waals surface area contributed by atoms with Crippen molar-refractivity contribution in [2.24, 2.45) is 23.7 Å². The fourth-order valence-electron chi connectivity index (χ4n) is 9.14. The molecule has 0 radical (unpaired) electrons. The lowest BCUT2D eigenvalue weighted by Gasteiger charge is -2.50. The van der Waals surface area contributed by atoms with Crippen molar-refractivity contribution in [1.29, 1.82) is 0 Å². The van der Waals surface area contributed by atoms with Gasteiger partial charge in [-0.1, -0.05) is 175 Å². The molecule has 5 heteroatoms. The molecule has 0 spiro atoms. The highest BCUT2D eigenvalue weighted by Crippen LogP contribution is 2.46. The van der Waals surface area contributed by atoms with Crippen molar-refractivity contribution in [2.45, 2.75) is 77.0 Å². The van der Waals surface area contributed by atoms with E-state index in [0.29, 0.717) is 19.1 Å². The van der Waals surface area contributed by atoms with E-state index in [0.717, 1.165) is 19.3 Å². The Hall–Kier alpha value is -3.07. The number of aliphatic hydroxyl groups excluding tert-OH is 1. The maximum absolute atomic E-state index is 12.4. The van der Waals surface area contributed by atoms with Crippen LogP contribution in [0.2, 0.25) is 10.1 Å². The van der Waals surface area contributed by atoms with Crippen molar-refractivity contribution in [1.82, 2.24) is 0 Å². The minimum atomic E-state index is -2.79. The molecule has 3 nitrogen and oxygen atoms in total. The molecule has 4 aromatic carbocycles. The van der Waals surface area contributed by atoms with Gasteiger partial charge in [-0.3, -0.25) is 0 Å². The minimum Gasteiger partial charge on any atom is -0.407 e. The summed E-state index contributed by atoms with van der Waals surface area (Å²) in [4.78, 5) is 0. The third kappa shape index (κ3) is 6.85. The van der Waals surface area contributed by atoms with E-state index in [1.807, 2.05) is 0 Å². The Bertz CT molecular complexity index is 1570. The lowest BCUT2D eigenvalue weighted by atomic mass is 9.63. The number of benzene rings is 4. The molecule has 49 heavy (non-hydrogen) atoms. The molecule has 2 aliphatic carbocycles. The molecule has 0 amide bonds. The van der Waals surface area contributed by atoms with Gasteiger partial charge in [0.25, 0.3) is 16.6 Å². The van der Waals surface area contributed by atoms with Crippen LogP contribution in [0.4, 0.5) is 0 Å². The average molecular weight is 689 g/mol. The summed E-state index contributed by atoms with van der Waals surface area (Å²) in [6, 6.07) is 43.7. The second-order valence-corrected chi connectivity index (χ2v) is 25.1. The van der Waals surface area contributed by atoms with Gasteiger partial charge in [-0.05, 0) is 67.8 Å². The largest absolute Gasteiger partial charge is 0.407 e. The number of aliphatic hydroxyl groups is 1. The molecule has 5 atom stereocenters. The summed E-state index contributed by atoms with van der Waals surface area (Å²) in [6.45, 7) is 15.2. The van der Waals surface area contributed by atoms with Crippen LogP contribution >= 0.6 is 0 Å². The summed E-state index contributed by atoms with van der Waals surface area (Å²) in [5.74, 6) is 0.842. The summed E-state index contributed by atoms with van der Waals surface area (Å²) in [5.41, 5.74) is 0. The predicted octanol–water partition coefficient (Wildman–Crippen LogP) is 7.72. The zero-order chi connectivity index (χ0) is 34.7. The lowest BCUT2D eigenvalue weighted by Crippen LogP contribution is -2.68. The monoisotopic (exact) mass is 688 g/mol. The summed E-state index contributed by atoms with van der Waals surface area (Å²) < 4.78 is 15.2. The Morgan fingerprint density at radius 3 is 1.31 bits per heavy atom. The van der Waals surface area contributed by atoms with E-state index < -0.39 is 22.7 Å². The van der Waals surface area contributed by atoms with Gasteiger partial charge in [-0.15, -0.1) is 0 Å². The Morgan fingerprint density at radius 1 is 0.551 bits per heavy atom. The van der Waals surface area contributed by atoms with Gasteiger partial charge in [-0.25, -0.2) is 0 Å². The molecule has 0 bridgehead atoms. The average Bonchev–Trinajstić information content (AvgIpc) is 3.10. The van der Waals surface area contributed by atoms with Crippen molar-refractivity contribution < 1.29 is 14.0 Å². The van der Waals surface area contributed by atoms with Crippen molar-refractivity contribution in [3.63, 3.8) is 0 Å². The van der Waals surface area contributed by atoms with E-state index in [2.05, 4.69) is 175 Å². The molecule has 1 fully saturated rings. The molecule has 0 aromatic heterocycles. The number of allylic oxidation sites excluding steroid dienone is 2. The first-order valence-corrected chi connectivity index (χ1v) is 22.1. The van der Waals surface area contributed by atoms with Crippen LogP contribution in [-0.4, -0.2) is 41.1 Å². The third-order valence-electron chi connectivity index (χ3n) is 11.5. The molecule has 2 aliphatic rings. The van der Waals surface area contributed by atoms with Crippen LogP contribution in [0.3, 0.4) is 0 Å². The van der Waals surface area contributed by atoms with Gasteiger partial charge in [0.2, 0.25) is 0 Å². The van der Waals surface area contributed by atoms with Gasteiger partial charge in [0.05, 0.1) is 6.10 Å². The standard InChI is InChI=1S/C44H56O3Si2/c1-43(2,3)48(36-22-11-7-12-23-36,37-24-13-8-14-25-37)46-32-35-31-34-21-19-20-30-40(34)42(45)41(35)33-47-49(44(4,5)6,38-26-15-9-16-27-38)39-28-17-10-18-29-39/h7-20,22-29,34-35,40-42,45H,21,30-33H2,1-6H3/t34-,35+,40-,41+,42-/m0/s1. The van der Waals surface area contributed by atoms with E-state index in [1.165, 1.54) is 20.7 Å². The molecule has 1 saturated carbocycles. The lowest BCUT2D eigenvalue weighted by molar-refractivity contribution is -0.0739. The van der Waals surface area contributed by atoms with Crippen LogP contribution in [0.5, 0.6) is 0 Å². The highest BCUT2D eigenvalue weighted by molar-refractivity contribution is 7.00. The third-order valence-corrected chi connectivity index (χ3v) is 21.6. The van der Waals surface area contributed by atoms with Crippen LogP contribution < -0.4 is 20.7 Å². The molecule has 0 aliphatic heterocycles. The minimum absolute atomic E-state index is 0.0346. The molecular formula is C44H56O3Si2. The zero-order valence-electron chi connectivity index (χ0n) is 30.4. The fraction of sp³-hybridized carbons (Fsp3) is 0.409. The Balaban J connectivity index is 1.40. The van der Waals surface area contributed by atoms with Crippen LogP contribution in [0.25, 0.3) is 0 Å². The van der Waals surface area contributed by atoms with Crippen LogP contribution in [0, 0.1) is 23.7 Å². The zero-order valence-corrected chi connectivity index (χ0v) is 32.4. The first-order chi connectivity index (χ1) is 23.5. The van der Waals surface area contributed by atoms with Crippen molar-refractivity contribution in [3.05, 3.63) is 133 Å². The molecular weight excluding hydrogens is 633 g/mol. The van der Waals surface area contributed by atoms with Crippen molar-refractivity contribution >= 4 is 37.4 Å². The Labute approximate surface area is 297 Å². The fourth-order valence-corrected chi connectivity index (χ4v) is 18.4. The smallest absolute Gasteiger partial charge is 0.261 e. The van der Waals surface area contributed by atoms with Gasteiger partial charge in [-0.2, -0.15) is 0 Å². The number of rotatable bonds is 10. The normalized spacial score (nSPS) is 23.2. The van der Waals surface area contributed by atoms with E-state index in [9.17, 15) is 5.11 Å². The molecule has 4 aromatic rings. The van der Waals surface area contributed by atoms with Crippen LogP contribution in [0.15, 0.2) is 133 Å². The maximum Gasteiger partial charge on any atom is 0.261 e. The van der Waals surface area contributed by atoms with E-state index in [1.54, 1.807) is 0 Å². The number of hydrogen-bond acceptors (Lipinski definition) is 3. The summed E-state index contributed by atoms with van der Waals surface area (Å²) in [5, 5.41) is 17.3. The highest BCUT2D eigenvalue weighted by Gasteiger charge is 2.54. The molecule has 258 valence electrons. The molecule has 6 rings (SSSR count). The highest BCUT2D eigenvalue weighted by atomic mass is 28.4. The number of fused-ring (bicyclic) bond motifs is 1. The summed E-state index contributed by atoms with van der Waals surface area (Å²) in [6.07, 6.45) is 7.16. The van der Waals surface area contributed by atoms with E-state index in [4.69, 9.17) is 8.85 Å². The van der Waals surface area contributed by atoms with Crippen LogP contribution in [0.1, 0.15) is 60.8 Å². The molecule has 0 saturated heterocycles. The summed E-state index contributed by atoms with van der Waals surface area (Å²) >= 11 is 0. The Kier molecular flexibility index (Phi) is 10.7. The van der Waals surface area contributed by atoms with Gasteiger partial charge < -0.3 is 14.0 Å². The van der Waals surface area contributed by atoms with Gasteiger partial charge >= 0.3 is 0 Å². The first-order valence-electron chi connectivity index (χ1n) is 18.3. The SMILES string of the molecule is CC(C)(C)[Si](OC[C@H]1C[C@@H]2CC=CC[C@@H]2[C@H](O)[C@@H]1CO[Si](c1ccccc1)(c1ccccc1)C(C)(C)C)(c1ccccc1)c1ccccc1. The number of hydrogen-bond donors (Lipinski definition) is 1. The maximum atomic E-state index is 12.4. The molecule has 1 N–H and O–H groups in total. The van der Waals surface area contributed by atoms with Crippen LogP contribution in [-0.2, 0) is 8.85 Å². The Morgan fingerprint density at radius 2 is 0.918 bits per heavy atom. The second-order valence-electron chi connectivity index (χ2n) is 16.5. The van der Waals surface area contributed by atoms with E-state index >= 15 is 0 Å². The van der Waals surface area contributed by atoms with Gasteiger partial charge in [0, 0.05) is 19.1 Å². The van der Waals surface area contributed by atoms with Gasteiger partial charge in [0.1, 0.15) is 0 Å². The summed E-state index contributed by atoms with van der Waals surface area (Å²) in [7, 11) is -5.54. The molecule has 0 heterocycles. The van der Waals surface area contributed by atoms with E-state index in [-0.39, 0.29) is 27.8 Å². The topological polar surface area (TPSA) is 38.7 Å². The second kappa shape index (κ2) is 14.7. The first kappa shape index (κ1) is 35.7. The quantitative estimate of drug-likeness (QED) is 0.137. The van der Waals surface area contributed by atoms with Crippen molar-refractivity contribution in [2.75, 3.05) is 13.2 Å². The van der Waals surface area contributed by atoms with Crippen molar-refractivity contribution in [3.8, 4) is 0 Å². The predicted molar refractivity (Wildman–Crippen MR) is 210 cm³/mol.